The predicted molar refractivity (Wildman–Crippen MR) is 72.0 cm³/mol. The van der Waals surface area contributed by atoms with Crippen LogP contribution in [0.4, 0.5) is 0 Å². The molecule has 19 heavy (non-hydrogen) atoms. The van der Waals surface area contributed by atoms with Crippen molar-refractivity contribution in [3.63, 3.8) is 0 Å². The minimum atomic E-state index is -3.50. The van der Waals surface area contributed by atoms with E-state index >= 15 is 0 Å². The molecule has 1 unspecified atom stereocenters. The molecule has 0 radical (unpaired) electrons. The van der Waals surface area contributed by atoms with Gasteiger partial charge >= 0.3 is 0 Å². The summed E-state index contributed by atoms with van der Waals surface area (Å²) < 4.78 is 27.0. The van der Waals surface area contributed by atoms with Crippen molar-refractivity contribution in [3.05, 3.63) is 30.3 Å². The summed E-state index contributed by atoms with van der Waals surface area (Å²) in [4.78, 5) is 13.3. The molecule has 1 atom stereocenters. The maximum absolute atomic E-state index is 12.2. The topological polar surface area (TPSA) is 66.5 Å². The van der Waals surface area contributed by atoms with Crippen LogP contribution in [0.15, 0.2) is 35.2 Å². The van der Waals surface area contributed by atoms with Crippen LogP contribution in [-0.4, -0.2) is 38.4 Å². The Morgan fingerprint density at radius 3 is 2.63 bits per heavy atom. The highest BCUT2D eigenvalue weighted by Crippen LogP contribution is 2.14. The molecule has 0 aliphatic carbocycles. The van der Waals surface area contributed by atoms with Crippen LogP contribution in [0.25, 0.3) is 0 Å². The quantitative estimate of drug-likeness (QED) is 0.898. The van der Waals surface area contributed by atoms with Crippen LogP contribution in [0.2, 0.25) is 0 Å². The maximum atomic E-state index is 12.2. The van der Waals surface area contributed by atoms with E-state index in [1.807, 2.05) is 0 Å². The predicted octanol–water partition coefficient (Wildman–Crippen LogP) is 0.976. The van der Waals surface area contributed by atoms with Crippen molar-refractivity contribution in [1.29, 1.82) is 0 Å². The van der Waals surface area contributed by atoms with E-state index in [1.54, 1.807) is 35.2 Å². The van der Waals surface area contributed by atoms with Gasteiger partial charge < -0.3 is 4.90 Å². The van der Waals surface area contributed by atoms with Crippen LogP contribution >= 0.6 is 0 Å². The van der Waals surface area contributed by atoms with Gasteiger partial charge in [-0.1, -0.05) is 18.2 Å². The zero-order valence-electron chi connectivity index (χ0n) is 10.9. The molecule has 1 aromatic carbocycles. The van der Waals surface area contributed by atoms with Crippen molar-refractivity contribution >= 4 is 15.9 Å². The molecule has 0 spiro atoms. The molecule has 0 saturated carbocycles. The van der Waals surface area contributed by atoms with Crippen molar-refractivity contribution in [1.82, 2.24) is 9.62 Å². The standard InChI is InChI=1S/C13H18N2O3S/c1-11(16)15-9-5-6-12(10-15)14-19(17,18)13-7-3-2-4-8-13/h2-4,7-8,12,14H,5-6,9-10H2,1H3. The Morgan fingerprint density at radius 1 is 1.32 bits per heavy atom. The number of hydrogen-bond donors (Lipinski definition) is 1. The van der Waals surface area contributed by atoms with Crippen molar-refractivity contribution in [2.24, 2.45) is 0 Å². The van der Waals surface area contributed by atoms with E-state index in [9.17, 15) is 13.2 Å². The van der Waals surface area contributed by atoms with E-state index < -0.39 is 10.0 Å². The third-order valence-electron chi connectivity index (χ3n) is 3.24. The van der Waals surface area contributed by atoms with Crippen LogP contribution in [0.3, 0.4) is 0 Å². The number of nitrogens with one attached hydrogen (secondary N) is 1. The lowest BCUT2D eigenvalue weighted by Crippen LogP contribution is -2.48. The zero-order valence-corrected chi connectivity index (χ0v) is 11.7. The summed E-state index contributed by atoms with van der Waals surface area (Å²) in [6, 6.07) is 8.08. The number of sulfonamides is 1. The first-order valence-electron chi connectivity index (χ1n) is 6.32. The van der Waals surface area contributed by atoms with Gasteiger partial charge in [0.25, 0.3) is 0 Å². The second kappa shape index (κ2) is 5.71. The van der Waals surface area contributed by atoms with Gasteiger partial charge in [0.1, 0.15) is 0 Å². The van der Waals surface area contributed by atoms with E-state index in [-0.39, 0.29) is 16.8 Å². The first-order valence-corrected chi connectivity index (χ1v) is 7.80. The Hall–Kier alpha value is -1.40. The molecule has 1 N–H and O–H groups in total. The summed E-state index contributed by atoms with van der Waals surface area (Å²) in [5.74, 6) is -0.0105. The monoisotopic (exact) mass is 282 g/mol. The second-order valence-corrected chi connectivity index (χ2v) is 6.45. The average molecular weight is 282 g/mol. The third kappa shape index (κ3) is 3.54. The summed E-state index contributed by atoms with van der Waals surface area (Å²) in [5.41, 5.74) is 0. The fraction of sp³-hybridized carbons (Fsp3) is 0.462. The van der Waals surface area contributed by atoms with Crippen molar-refractivity contribution < 1.29 is 13.2 Å². The molecule has 1 aliphatic heterocycles. The normalized spacial score (nSPS) is 20.3. The highest BCUT2D eigenvalue weighted by molar-refractivity contribution is 7.89. The van der Waals surface area contributed by atoms with Crippen LogP contribution < -0.4 is 4.72 Å². The zero-order chi connectivity index (χ0) is 13.9. The summed E-state index contributed by atoms with van der Waals surface area (Å²) >= 11 is 0. The van der Waals surface area contributed by atoms with Crippen molar-refractivity contribution in [2.45, 2.75) is 30.7 Å². The SMILES string of the molecule is CC(=O)N1CCCC(NS(=O)(=O)c2ccccc2)C1. The van der Waals surface area contributed by atoms with Crippen LogP contribution in [0, 0.1) is 0 Å². The lowest BCUT2D eigenvalue weighted by Gasteiger charge is -2.32. The number of hydrogen-bond acceptors (Lipinski definition) is 3. The molecule has 1 aliphatic rings. The highest BCUT2D eigenvalue weighted by Gasteiger charge is 2.26. The molecular weight excluding hydrogens is 264 g/mol. The van der Waals surface area contributed by atoms with Gasteiger partial charge in [0.2, 0.25) is 15.9 Å². The van der Waals surface area contributed by atoms with E-state index in [4.69, 9.17) is 0 Å². The Labute approximate surface area is 113 Å². The Kier molecular flexibility index (Phi) is 4.21. The number of rotatable bonds is 3. The number of piperidine rings is 1. The summed E-state index contributed by atoms with van der Waals surface area (Å²) in [6.07, 6.45) is 1.58. The Morgan fingerprint density at radius 2 is 2.00 bits per heavy atom. The number of nitrogens with zero attached hydrogens (tertiary/aromatic N) is 1. The molecule has 104 valence electrons. The average Bonchev–Trinajstić information content (AvgIpc) is 2.39. The third-order valence-corrected chi connectivity index (χ3v) is 4.78. The van der Waals surface area contributed by atoms with Gasteiger partial charge in [0.05, 0.1) is 4.90 Å². The molecule has 0 aromatic heterocycles. The van der Waals surface area contributed by atoms with Gasteiger partial charge in [-0.25, -0.2) is 13.1 Å². The Bertz CT molecular complexity index is 542. The number of likely N-dealkylation sites (tertiary alicyclic amines) is 1. The van der Waals surface area contributed by atoms with Crippen molar-refractivity contribution in [2.75, 3.05) is 13.1 Å². The molecule has 0 bridgehead atoms. The molecular formula is C13H18N2O3S. The molecule has 1 heterocycles. The number of carbonyl (C=O) groups excluding carboxylic acids is 1. The lowest BCUT2D eigenvalue weighted by molar-refractivity contribution is -0.130. The maximum Gasteiger partial charge on any atom is 0.240 e. The van der Waals surface area contributed by atoms with Gasteiger partial charge in [-0.15, -0.1) is 0 Å². The minimum absolute atomic E-state index is 0.0105. The second-order valence-electron chi connectivity index (χ2n) is 4.74. The van der Waals surface area contributed by atoms with Gasteiger partial charge in [-0.3, -0.25) is 4.79 Å². The molecule has 5 nitrogen and oxygen atoms in total. The van der Waals surface area contributed by atoms with E-state index in [1.165, 1.54) is 6.92 Å². The van der Waals surface area contributed by atoms with E-state index in [0.717, 1.165) is 12.8 Å². The lowest BCUT2D eigenvalue weighted by atomic mass is 10.1. The van der Waals surface area contributed by atoms with E-state index in [2.05, 4.69) is 4.72 Å². The molecule has 1 aromatic rings. The number of carbonyl (C=O) groups is 1. The molecule has 2 rings (SSSR count). The number of benzene rings is 1. The highest BCUT2D eigenvalue weighted by atomic mass is 32.2. The first-order chi connectivity index (χ1) is 8.99. The minimum Gasteiger partial charge on any atom is -0.341 e. The van der Waals surface area contributed by atoms with Gasteiger partial charge in [-0.05, 0) is 25.0 Å². The first kappa shape index (κ1) is 14.0. The molecule has 1 saturated heterocycles. The summed E-state index contributed by atoms with van der Waals surface area (Å²) in [5, 5.41) is 0. The van der Waals surface area contributed by atoms with Gasteiger partial charge in [0, 0.05) is 26.1 Å². The van der Waals surface area contributed by atoms with Crippen LogP contribution in [0.1, 0.15) is 19.8 Å². The fourth-order valence-corrected chi connectivity index (χ4v) is 3.53. The van der Waals surface area contributed by atoms with Crippen molar-refractivity contribution in [3.8, 4) is 0 Å². The largest absolute Gasteiger partial charge is 0.341 e. The van der Waals surface area contributed by atoms with Crippen LogP contribution in [-0.2, 0) is 14.8 Å². The summed E-state index contributed by atoms with van der Waals surface area (Å²) in [6.45, 7) is 2.66. The molecule has 1 amide bonds. The summed E-state index contributed by atoms with van der Waals surface area (Å²) in [7, 11) is -3.50. The molecule has 6 heteroatoms. The van der Waals surface area contributed by atoms with E-state index in [0.29, 0.717) is 13.1 Å². The molecule has 1 fully saturated rings. The number of amides is 1. The van der Waals surface area contributed by atoms with Gasteiger partial charge in [0.15, 0.2) is 0 Å². The smallest absolute Gasteiger partial charge is 0.240 e. The van der Waals surface area contributed by atoms with Gasteiger partial charge in [-0.2, -0.15) is 0 Å². The van der Waals surface area contributed by atoms with Crippen LogP contribution in [0.5, 0.6) is 0 Å². The fourth-order valence-electron chi connectivity index (χ4n) is 2.25. The Balaban J connectivity index is 2.06.